The molecule has 2 heterocycles. The second-order valence-corrected chi connectivity index (χ2v) is 5.37. The van der Waals surface area contributed by atoms with Gasteiger partial charge in [0.2, 0.25) is 0 Å². The van der Waals surface area contributed by atoms with Crippen molar-refractivity contribution < 1.29 is 0 Å². The van der Waals surface area contributed by atoms with Crippen molar-refractivity contribution in [2.24, 2.45) is 0 Å². The molecule has 0 saturated heterocycles. The van der Waals surface area contributed by atoms with E-state index in [1.807, 2.05) is 20.0 Å². The third-order valence-electron chi connectivity index (χ3n) is 2.92. The van der Waals surface area contributed by atoms with Gasteiger partial charge in [0.15, 0.2) is 5.82 Å². The van der Waals surface area contributed by atoms with Crippen LogP contribution in [0.15, 0.2) is 6.20 Å². The maximum atomic E-state index is 9.19. The van der Waals surface area contributed by atoms with E-state index in [4.69, 9.17) is 0 Å². The van der Waals surface area contributed by atoms with Gasteiger partial charge in [-0.2, -0.15) is 10.4 Å². The average Bonchev–Trinajstić information content (AvgIpc) is 2.88. The molecule has 2 rings (SSSR count). The lowest BCUT2D eigenvalue weighted by molar-refractivity contribution is 0.938. The Morgan fingerprint density at radius 1 is 1.37 bits per heavy atom. The average molecular weight is 273 g/mol. The third kappa shape index (κ3) is 2.88. The van der Waals surface area contributed by atoms with Crippen LogP contribution in [0, 0.1) is 25.2 Å². The number of hydrogen-bond donors (Lipinski definition) is 1. The van der Waals surface area contributed by atoms with Crippen LogP contribution in [0.2, 0.25) is 0 Å². The Balaban J connectivity index is 2.16. The van der Waals surface area contributed by atoms with Gasteiger partial charge in [0.05, 0.1) is 12.2 Å². The van der Waals surface area contributed by atoms with E-state index in [9.17, 15) is 5.26 Å². The summed E-state index contributed by atoms with van der Waals surface area (Å²) in [5.74, 6) is 0.527. The lowest BCUT2D eigenvalue weighted by Gasteiger charge is -2.08. The molecule has 6 heteroatoms. The molecule has 2 aromatic heterocycles. The number of aryl methyl sites for hydroxylation is 2. The Hall–Kier alpha value is -2.00. The monoisotopic (exact) mass is 273 g/mol. The van der Waals surface area contributed by atoms with Crippen molar-refractivity contribution in [3.63, 3.8) is 0 Å². The van der Waals surface area contributed by atoms with Gasteiger partial charge in [-0.3, -0.25) is 0 Å². The molecule has 1 N–H and O–H groups in total. The highest BCUT2D eigenvalue weighted by molar-refractivity contribution is 7.11. The van der Waals surface area contributed by atoms with Crippen molar-refractivity contribution in [2.75, 3.05) is 5.32 Å². The number of nitrogens with one attached hydrogen (secondary N) is 1. The summed E-state index contributed by atoms with van der Waals surface area (Å²) in [6.45, 7) is 6.40. The van der Waals surface area contributed by atoms with Gasteiger partial charge < -0.3 is 5.32 Å². The summed E-state index contributed by atoms with van der Waals surface area (Å²) in [5, 5.41) is 21.4. The maximum Gasteiger partial charge on any atom is 0.167 e. The number of anilines is 1. The summed E-state index contributed by atoms with van der Waals surface area (Å²) in [4.78, 5) is 5.58. The fourth-order valence-electron chi connectivity index (χ4n) is 1.62. The van der Waals surface area contributed by atoms with E-state index in [-0.39, 0.29) is 0 Å². The number of nitriles is 1. The summed E-state index contributed by atoms with van der Waals surface area (Å²) in [6, 6.07) is 2.18. The van der Waals surface area contributed by atoms with Gasteiger partial charge in [-0.25, -0.2) is 4.98 Å². The molecule has 0 aliphatic carbocycles. The molecule has 0 unspecified atom stereocenters. The van der Waals surface area contributed by atoms with Crippen molar-refractivity contribution >= 4 is 17.2 Å². The van der Waals surface area contributed by atoms with Crippen molar-refractivity contribution in [2.45, 2.75) is 33.7 Å². The second-order valence-electron chi connectivity index (χ2n) is 4.17. The van der Waals surface area contributed by atoms with Crippen LogP contribution >= 0.6 is 11.3 Å². The largest absolute Gasteiger partial charge is 0.361 e. The predicted molar refractivity (Wildman–Crippen MR) is 75.0 cm³/mol. The first-order valence-electron chi connectivity index (χ1n) is 6.07. The fourth-order valence-corrected chi connectivity index (χ4v) is 2.42. The first kappa shape index (κ1) is 13.4. The van der Waals surface area contributed by atoms with Crippen molar-refractivity contribution in [3.8, 4) is 6.07 Å². The summed E-state index contributed by atoms with van der Waals surface area (Å²) in [5.41, 5.74) is 2.21. The zero-order valence-electron chi connectivity index (χ0n) is 11.2. The number of rotatable bonds is 4. The molecule has 0 aromatic carbocycles. The molecule has 2 aromatic rings. The minimum atomic E-state index is 0.527. The van der Waals surface area contributed by atoms with Crippen LogP contribution in [0.4, 0.5) is 5.82 Å². The molecule has 0 spiro atoms. The van der Waals surface area contributed by atoms with Gasteiger partial charge >= 0.3 is 0 Å². The van der Waals surface area contributed by atoms with E-state index in [2.05, 4.69) is 33.5 Å². The van der Waals surface area contributed by atoms with Crippen LogP contribution in [0.25, 0.3) is 0 Å². The summed E-state index contributed by atoms with van der Waals surface area (Å²) < 4.78 is 0. The van der Waals surface area contributed by atoms with Gasteiger partial charge in [-0.05, 0) is 25.8 Å². The SMILES string of the molecule is CCc1cnc(CNc2nnc(C)c(C)c2C#N)s1. The van der Waals surface area contributed by atoms with Crippen LogP contribution in [-0.2, 0) is 13.0 Å². The molecule has 0 bridgehead atoms. The minimum absolute atomic E-state index is 0.527. The second kappa shape index (κ2) is 5.76. The van der Waals surface area contributed by atoms with Crippen LogP contribution in [-0.4, -0.2) is 15.2 Å². The Kier molecular flexibility index (Phi) is 4.07. The first-order chi connectivity index (χ1) is 9.15. The zero-order valence-corrected chi connectivity index (χ0v) is 12.0. The Morgan fingerprint density at radius 3 is 2.79 bits per heavy atom. The molecule has 0 fully saturated rings. The Bertz CT molecular complexity index is 626. The lowest BCUT2D eigenvalue weighted by atomic mass is 10.1. The molecule has 98 valence electrons. The first-order valence-corrected chi connectivity index (χ1v) is 6.88. The quantitative estimate of drug-likeness (QED) is 0.926. The summed E-state index contributed by atoms with van der Waals surface area (Å²) >= 11 is 1.67. The highest BCUT2D eigenvalue weighted by Gasteiger charge is 2.11. The maximum absolute atomic E-state index is 9.19. The summed E-state index contributed by atoms with van der Waals surface area (Å²) in [7, 11) is 0. The smallest absolute Gasteiger partial charge is 0.167 e. The van der Waals surface area contributed by atoms with Crippen LogP contribution in [0.3, 0.4) is 0 Å². The highest BCUT2D eigenvalue weighted by Crippen LogP contribution is 2.19. The normalized spacial score (nSPS) is 10.2. The van der Waals surface area contributed by atoms with E-state index in [1.165, 1.54) is 4.88 Å². The van der Waals surface area contributed by atoms with Crippen LogP contribution < -0.4 is 5.32 Å². The molecule has 0 aliphatic rings. The van der Waals surface area contributed by atoms with E-state index >= 15 is 0 Å². The van der Waals surface area contributed by atoms with E-state index < -0.39 is 0 Å². The van der Waals surface area contributed by atoms with E-state index in [0.717, 1.165) is 22.7 Å². The number of thiazole rings is 1. The topological polar surface area (TPSA) is 74.5 Å². The Labute approximate surface area is 116 Å². The van der Waals surface area contributed by atoms with Gasteiger partial charge in [-0.1, -0.05) is 6.92 Å². The molecular formula is C13H15N5S. The van der Waals surface area contributed by atoms with Gasteiger partial charge in [0.1, 0.15) is 16.6 Å². The number of hydrogen-bond acceptors (Lipinski definition) is 6. The highest BCUT2D eigenvalue weighted by atomic mass is 32.1. The molecule has 0 aliphatic heterocycles. The predicted octanol–water partition coefficient (Wildman–Crippen LogP) is 2.60. The van der Waals surface area contributed by atoms with Gasteiger partial charge in [-0.15, -0.1) is 16.4 Å². The molecule has 0 atom stereocenters. The van der Waals surface area contributed by atoms with Crippen LogP contribution in [0.1, 0.15) is 33.6 Å². The standard InChI is InChI=1S/C13H15N5S/c1-4-10-6-15-12(19-10)7-16-13-11(5-14)8(2)9(3)17-18-13/h6H,4,7H2,1-3H3,(H,16,18). The van der Waals surface area contributed by atoms with Crippen molar-refractivity contribution in [3.05, 3.63) is 32.9 Å². The number of nitrogens with zero attached hydrogens (tertiary/aromatic N) is 4. The fraction of sp³-hybridized carbons (Fsp3) is 0.385. The van der Waals surface area contributed by atoms with Gasteiger partial charge in [0.25, 0.3) is 0 Å². The van der Waals surface area contributed by atoms with Crippen LogP contribution in [0.5, 0.6) is 0 Å². The van der Waals surface area contributed by atoms with E-state index in [0.29, 0.717) is 17.9 Å². The van der Waals surface area contributed by atoms with Crippen molar-refractivity contribution in [1.82, 2.24) is 15.2 Å². The summed E-state index contributed by atoms with van der Waals surface area (Å²) in [6.07, 6.45) is 2.88. The zero-order chi connectivity index (χ0) is 13.8. The molecular weight excluding hydrogens is 258 g/mol. The minimum Gasteiger partial charge on any atom is -0.361 e. The van der Waals surface area contributed by atoms with E-state index in [1.54, 1.807) is 11.3 Å². The molecule has 0 amide bonds. The molecule has 0 saturated carbocycles. The molecule has 0 radical (unpaired) electrons. The lowest BCUT2D eigenvalue weighted by Crippen LogP contribution is -2.07. The Morgan fingerprint density at radius 2 is 2.16 bits per heavy atom. The number of aromatic nitrogens is 3. The third-order valence-corrected chi connectivity index (χ3v) is 4.06. The van der Waals surface area contributed by atoms with Crippen molar-refractivity contribution in [1.29, 1.82) is 5.26 Å². The van der Waals surface area contributed by atoms with Gasteiger partial charge in [0, 0.05) is 11.1 Å². The molecule has 19 heavy (non-hydrogen) atoms. The molecule has 5 nitrogen and oxygen atoms in total.